The molecule has 1 aromatic carbocycles. The molecule has 8 heteroatoms. The molecule has 0 unspecified atom stereocenters. The third-order valence-electron chi connectivity index (χ3n) is 1.72. The van der Waals surface area contributed by atoms with Crippen LogP contribution < -0.4 is 16.0 Å². The average Bonchev–Trinajstić information content (AvgIpc) is 2.25. The Hall–Kier alpha value is -1.47. The first-order valence-electron chi connectivity index (χ1n) is 4.33. The van der Waals surface area contributed by atoms with E-state index in [2.05, 4.69) is 4.74 Å². The monoisotopic (exact) mass is 268 g/mol. The lowest BCUT2D eigenvalue weighted by Gasteiger charge is -2.11. The standard InChI is InChI=1S/C9H8ClF3N2O2/c10-6-3-5(8(16)15-14)1-2-7(6)17-4-9(11,12)13/h1-3H,4,14H2,(H,15,16). The number of carbonyl (C=O) groups excluding carboxylic acids is 1. The average molecular weight is 269 g/mol. The topological polar surface area (TPSA) is 64.3 Å². The minimum absolute atomic E-state index is 0.102. The number of hydrogen-bond acceptors (Lipinski definition) is 3. The number of hydrazine groups is 1. The summed E-state index contributed by atoms with van der Waals surface area (Å²) in [6, 6.07) is 3.58. The van der Waals surface area contributed by atoms with Gasteiger partial charge in [0.05, 0.1) is 5.02 Å². The van der Waals surface area contributed by atoms with E-state index in [9.17, 15) is 18.0 Å². The largest absolute Gasteiger partial charge is 0.483 e. The number of rotatable bonds is 3. The van der Waals surface area contributed by atoms with E-state index in [1.807, 2.05) is 5.43 Å². The van der Waals surface area contributed by atoms with E-state index in [1.165, 1.54) is 12.1 Å². The number of ether oxygens (including phenoxy) is 1. The van der Waals surface area contributed by atoms with Gasteiger partial charge in [0.2, 0.25) is 0 Å². The van der Waals surface area contributed by atoms with Crippen LogP contribution in [0, 0.1) is 0 Å². The highest BCUT2D eigenvalue weighted by molar-refractivity contribution is 6.32. The van der Waals surface area contributed by atoms with Crippen molar-refractivity contribution in [2.45, 2.75) is 6.18 Å². The molecule has 4 nitrogen and oxygen atoms in total. The molecule has 0 bridgehead atoms. The van der Waals surface area contributed by atoms with Crippen molar-refractivity contribution in [3.63, 3.8) is 0 Å². The van der Waals surface area contributed by atoms with Crippen LogP contribution in [0.2, 0.25) is 5.02 Å². The molecule has 0 fully saturated rings. The molecule has 17 heavy (non-hydrogen) atoms. The Kier molecular flexibility index (Phi) is 4.19. The first kappa shape index (κ1) is 13.6. The van der Waals surface area contributed by atoms with Crippen molar-refractivity contribution in [1.82, 2.24) is 5.43 Å². The van der Waals surface area contributed by atoms with Crippen LogP contribution >= 0.6 is 11.6 Å². The van der Waals surface area contributed by atoms with Crippen molar-refractivity contribution in [1.29, 1.82) is 0 Å². The van der Waals surface area contributed by atoms with Crippen LogP contribution in [0.25, 0.3) is 0 Å². The molecule has 0 saturated heterocycles. The second-order valence-corrected chi connectivity index (χ2v) is 3.43. The number of halogens is 4. The maximum absolute atomic E-state index is 11.9. The van der Waals surface area contributed by atoms with E-state index < -0.39 is 18.7 Å². The number of nitrogens with one attached hydrogen (secondary N) is 1. The van der Waals surface area contributed by atoms with Crippen molar-refractivity contribution in [3.05, 3.63) is 28.8 Å². The Labute approximate surface area is 99.5 Å². The summed E-state index contributed by atoms with van der Waals surface area (Å²) in [5.74, 6) is 4.13. The number of alkyl halides is 3. The quantitative estimate of drug-likeness (QED) is 0.500. The van der Waals surface area contributed by atoms with Gasteiger partial charge in [-0.2, -0.15) is 13.2 Å². The molecule has 0 aromatic heterocycles. The van der Waals surface area contributed by atoms with Gasteiger partial charge < -0.3 is 4.74 Å². The molecule has 1 aromatic rings. The summed E-state index contributed by atoms with van der Waals surface area (Å²) in [5.41, 5.74) is 1.99. The lowest BCUT2D eigenvalue weighted by atomic mass is 10.2. The van der Waals surface area contributed by atoms with Gasteiger partial charge in [-0.15, -0.1) is 0 Å². The molecular weight excluding hydrogens is 261 g/mol. The molecule has 3 N–H and O–H groups in total. The maximum atomic E-state index is 11.9. The molecule has 0 heterocycles. The van der Waals surface area contributed by atoms with Crippen molar-refractivity contribution >= 4 is 17.5 Å². The van der Waals surface area contributed by atoms with Crippen LogP contribution in [-0.2, 0) is 0 Å². The molecular formula is C9H8ClF3N2O2. The number of nitrogen functional groups attached to an aromatic ring is 1. The smallest absolute Gasteiger partial charge is 0.422 e. The SMILES string of the molecule is NNC(=O)c1ccc(OCC(F)(F)F)c(Cl)c1. The molecule has 0 aliphatic rings. The van der Waals surface area contributed by atoms with Crippen molar-refractivity contribution in [2.24, 2.45) is 5.84 Å². The molecule has 0 aliphatic heterocycles. The third-order valence-corrected chi connectivity index (χ3v) is 2.01. The van der Waals surface area contributed by atoms with Gasteiger partial charge in [-0.1, -0.05) is 11.6 Å². The van der Waals surface area contributed by atoms with Crippen molar-refractivity contribution < 1.29 is 22.7 Å². The van der Waals surface area contributed by atoms with Crippen LogP contribution in [0.3, 0.4) is 0 Å². The van der Waals surface area contributed by atoms with Gasteiger partial charge in [-0.25, -0.2) is 5.84 Å². The highest BCUT2D eigenvalue weighted by Gasteiger charge is 2.28. The lowest BCUT2D eigenvalue weighted by Crippen LogP contribution is -2.29. The Morgan fingerprint density at radius 2 is 2.12 bits per heavy atom. The molecule has 94 valence electrons. The summed E-state index contributed by atoms with van der Waals surface area (Å²) >= 11 is 5.65. The number of nitrogens with two attached hydrogens (primary N) is 1. The zero-order chi connectivity index (χ0) is 13.1. The van der Waals surface area contributed by atoms with Crippen LogP contribution in [0.1, 0.15) is 10.4 Å². The number of benzene rings is 1. The zero-order valence-corrected chi connectivity index (χ0v) is 9.10. The molecule has 0 radical (unpaired) electrons. The van der Waals surface area contributed by atoms with E-state index in [1.54, 1.807) is 0 Å². The summed E-state index contributed by atoms with van der Waals surface area (Å²) < 4.78 is 40.1. The number of hydrogen-bond donors (Lipinski definition) is 2. The zero-order valence-electron chi connectivity index (χ0n) is 8.34. The summed E-state index contributed by atoms with van der Waals surface area (Å²) in [6.07, 6.45) is -4.45. The summed E-state index contributed by atoms with van der Waals surface area (Å²) in [7, 11) is 0. The van der Waals surface area contributed by atoms with Crippen LogP contribution in [0.4, 0.5) is 13.2 Å². The minimum Gasteiger partial charge on any atom is -0.483 e. The van der Waals surface area contributed by atoms with Crippen LogP contribution in [0.5, 0.6) is 5.75 Å². The maximum Gasteiger partial charge on any atom is 0.422 e. The van der Waals surface area contributed by atoms with Gasteiger partial charge in [-0.05, 0) is 18.2 Å². The predicted octanol–water partition coefficient (Wildman–Crippen LogP) is 1.88. The predicted molar refractivity (Wildman–Crippen MR) is 54.7 cm³/mol. The fraction of sp³-hybridized carbons (Fsp3) is 0.222. The first-order valence-corrected chi connectivity index (χ1v) is 4.71. The van der Waals surface area contributed by atoms with Gasteiger partial charge in [0, 0.05) is 5.56 Å². The molecule has 0 atom stereocenters. The Balaban J connectivity index is 2.80. The number of amides is 1. The fourth-order valence-corrected chi connectivity index (χ4v) is 1.24. The lowest BCUT2D eigenvalue weighted by molar-refractivity contribution is -0.153. The Morgan fingerprint density at radius 1 is 1.47 bits per heavy atom. The highest BCUT2D eigenvalue weighted by Crippen LogP contribution is 2.27. The van der Waals surface area contributed by atoms with E-state index >= 15 is 0 Å². The molecule has 0 spiro atoms. The van der Waals surface area contributed by atoms with Gasteiger partial charge in [0.25, 0.3) is 5.91 Å². The summed E-state index contributed by atoms with van der Waals surface area (Å²) in [5, 5.41) is -0.102. The van der Waals surface area contributed by atoms with Gasteiger partial charge in [0.15, 0.2) is 6.61 Å². The van der Waals surface area contributed by atoms with Gasteiger partial charge in [0.1, 0.15) is 5.75 Å². The van der Waals surface area contributed by atoms with E-state index in [-0.39, 0.29) is 16.3 Å². The fourth-order valence-electron chi connectivity index (χ4n) is 1.00. The van der Waals surface area contributed by atoms with Gasteiger partial charge in [-0.3, -0.25) is 10.2 Å². The number of carbonyl (C=O) groups is 1. The van der Waals surface area contributed by atoms with E-state index in [0.717, 1.165) is 6.07 Å². The second kappa shape index (κ2) is 5.24. The molecule has 1 rings (SSSR count). The molecule has 0 aliphatic carbocycles. The van der Waals surface area contributed by atoms with E-state index in [0.29, 0.717) is 0 Å². The van der Waals surface area contributed by atoms with Crippen LogP contribution in [0.15, 0.2) is 18.2 Å². The molecule has 0 saturated carbocycles. The van der Waals surface area contributed by atoms with Crippen molar-refractivity contribution in [3.8, 4) is 5.75 Å². The minimum atomic E-state index is -4.45. The van der Waals surface area contributed by atoms with Crippen molar-refractivity contribution in [2.75, 3.05) is 6.61 Å². The Bertz CT molecular complexity index is 423. The highest BCUT2D eigenvalue weighted by atomic mass is 35.5. The van der Waals surface area contributed by atoms with Crippen LogP contribution in [-0.4, -0.2) is 18.7 Å². The second-order valence-electron chi connectivity index (χ2n) is 3.02. The normalized spacial score (nSPS) is 11.1. The molecule has 1 amide bonds. The Morgan fingerprint density at radius 3 is 2.59 bits per heavy atom. The summed E-state index contributed by atoms with van der Waals surface area (Å²) in [6.45, 7) is -1.45. The third kappa shape index (κ3) is 4.12. The summed E-state index contributed by atoms with van der Waals surface area (Å²) in [4.78, 5) is 11.1. The first-order chi connectivity index (χ1) is 7.83. The van der Waals surface area contributed by atoms with Gasteiger partial charge >= 0.3 is 6.18 Å². The van der Waals surface area contributed by atoms with E-state index in [4.69, 9.17) is 17.4 Å².